The number of hydrogen-bond acceptors (Lipinski definition) is 2. The first-order valence-corrected chi connectivity index (χ1v) is 6.86. The van der Waals surface area contributed by atoms with Crippen LogP contribution in [-0.4, -0.2) is 9.97 Å². The first-order valence-electron chi connectivity index (χ1n) is 6.86. The highest BCUT2D eigenvalue weighted by molar-refractivity contribution is 5.91. The molecule has 0 unspecified atom stereocenters. The number of hydrogen-bond donors (Lipinski definition) is 0. The Balaban J connectivity index is 2.12. The van der Waals surface area contributed by atoms with Crippen molar-refractivity contribution in [1.82, 2.24) is 9.97 Å². The van der Waals surface area contributed by atoms with Crippen LogP contribution >= 0.6 is 0 Å². The summed E-state index contributed by atoms with van der Waals surface area (Å²) in [4.78, 5) is 8.83. The molecule has 0 aliphatic rings. The van der Waals surface area contributed by atoms with Gasteiger partial charge in [0.25, 0.3) is 0 Å². The van der Waals surface area contributed by atoms with Gasteiger partial charge in [-0.2, -0.15) is 0 Å². The van der Waals surface area contributed by atoms with Crippen LogP contribution in [0, 0.1) is 0 Å². The zero-order valence-corrected chi connectivity index (χ0v) is 12.1. The lowest BCUT2D eigenvalue weighted by Crippen LogP contribution is -2.10. The minimum atomic E-state index is 0.178. The normalized spacial score (nSPS) is 11.8. The van der Waals surface area contributed by atoms with Crippen LogP contribution in [0.5, 0.6) is 0 Å². The minimum absolute atomic E-state index is 0.178. The Morgan fingerprint density at radius 1 is 0.800 bits per heavy atom. The summed E-state index contributed by atoms with van der Waals surface area (Å²) in [5.41, 5.74) is 5.73. The molecular formula is C18H18N2. The van der Waals surface area contributed by atoms with Crippen LogP contribution in [0.3, 0.4) is 0 Å². The van der Waals surface area contributed by atoms with Crippen molar-refractivity contribution >= 4 is 11.0 Å². The van der Waals surface area contributed by atoms with Crippen molar-refractivity contribution in [2.45, 2.75) is 26.2 Å². The fraction of sp³-hybridized carbons (Fsp3) is 0.222. The maximum atomic E-state index is 4.47. The second kappa shape index (κ2) is 4.71. The van der Waals surface area contributed by atoms with Crippen LogP contribution in [0.15, 0.2) is 54.9 Å². The van der Waals surface area contributed by atoms with Crippen molar-refractivity contribution in [2.75, 3.05) is 0 Å². The van der Waals surface area contributed by atoms with Gasteiger partial charge >= 0.3 is 0 Å². The Morgan fingerprint density at radius 3 is 2.20 bits per heavy atom. The van der Waals surface area contributed by atoms with Gasteiger partial charge in [-0.3, -0.25) is 9.97 Å². The first-order chi connectivity index (χ1) is 9.55. The van der Waals surface area contributed by atoms with Crippen LogP contribution in [0.2, 0.25) is 0 Å². The summed E-state index contributed by atoms with van der Waals surface area (Å²) in [6, 6.07) is 14.9. The van der Waals surface area contributed by atoms with Gasteiger partial charge in [0.1, 0.15) is 0 Å². The van der Waals surface area contributed by atoms with Crippen LogP contribution in [0.25, 0.3) is 22.2 Å². The van der Waals surface area contributed by atoms with Crippen molar-refractivity contribution in [2.24, 2.45) is 0 Å². The van der Waals surface area contributed by atoms with Gasteiger partial charge in [-0.1, -0.05) is 57.2 Å². The molecule has 0 radical (unpaired) electrons. The average Bonchev–Trinajstić information content (AvgIpc) is 2.46. The summed E-state index contributed by atoms with van der Waals surface area (Å²) < 4.78 is 0. The van der Waals surface area contributed by atoms with E-state index in [9.17, 15) is 0 Å². The van der Waals surface area contributed by atoms with Crippen LogP contribution in [-0.2, 0) is 5.41 Å². The molecule has 0 N–H and O–H groups in total. The maximum Gasteiger partial charge on any atom is 0.0965 e. The van der Waals surface area contributed by atoms with Gasteiger partial charge in [0.2, 0.25) is 0 Å². The van der Waals surface area contributed by atoms with Gasteiger partial charge < -0.3 is 0 Å². The smallest absolute Gasteiger partial charge is 0.0965 e. The molecule has 1 aromatic heterocycles. The molecule has 0 fully saturated rings. The third-order valence-corrected chi connectivity index (χ3v) is 3.56. The number of nitrogens with zero attached hydrogens (tertiary/aromatic N) is 2. The van der Waals surface area contributed by atoms with E-state index in [2.05, 4.69) is 61.1 Å². The predicted octanol–water partition coefficient (Wildman–Crippen LogP) is 4.59. The van der Waals surface area contributed by atoms with Crippen molar-refractivity contribution < 1.29 is 0 Å². The van der Waals surface area contributed by atoms with E-state index < -0.39 is 0 Å². The summed E-state index contributed by atoms with van der Waals surface area (Å²) in [6.07, 6.45) is 3.48. The second-order valence-electron chi connectivity index (χ2n) is 6.06. The van der Waals surface area contributed by atoms with Crippen molar-refractivity contribution in [3.63, 3.8) is 0 Å². The summed E-state index contributed by atoms with van der Waals surface area (Å²) in [5, 5.41) is 0. The minimum Gasteiger partial charge on any atom is -0.253 e. The highest BCUT2D eigenvalue weighted by Crippen LogP contribution is 2.29. The zero-order valence-electron chi connectivity index (χ0n) is 12.1. The molecule has 0 saturated carbocycles. The molecule has 0 saturated heterocycles. The van der Waals surface area contributed by atoms with E-state index >= 15 is 0 Å². The molecule has 0 atom stereocenters. The molecule has 2 nitrogen and oxygen atoms in total. The van der Waals surface area contributed by atoms with Crippen LogP contribution in [0.4, 0.5) is 0 Å². The summed E-state index contributed by atoms with van der Waals surface area (Å²) in [5.74, 6) is 0. The lowest BCUT2D eigenvalue weighted by atomic mass is 9.86. The molecule has 0 aliphatic carbocycles. The maximum absolute atomic E-state index is 4.47. The molecule has 0 aliphatic heterocycles. The molecule has 1 heterocycles. The Labute approximate surface area is 119 Å². The summed E-state index contributed by atoms with van der Waals surface area (Å²) >= 11 is 0. The third kappa shape index (κ3) is 2.29. The molecule has 100 valence electrons. The molecule has 3 aromatic rings. The monoisotopic (exact) mass is 262 g/mol. The summed E-state index contributed by atoms with van der Waals surface area (Å²) in [6.45, 7) is 6.68. The fourth-order valence-corrected chi connectivity index (χ4v) is 2.38. The Morgan fingerprint density at radius 2 is 1.50 bits per heavy atom. The molecular weight excluding hydrogens is 244 g/mol. The largest absolute Gasteiger partial charge is 0.253 e. The second-order valence-corrected chi connectivity index (χ2v) is 6.06. The van der Waals surface area contributed by atoms with Crippen LogP contribution in [0.1, 0.15) is 26.3 Å². The lowest BCUT2D eigenvalue weighted by molar-refractivity contribution is 0.590. The zero-order chi connectivity index (χ0) is 14.2. The molecule has 2 heteroatoms. The molecule has 2 aromatic carbocycles. The highest BCUT2D eigenvalue weighted by Gasteiger charge is 2.13. The topological polar surface area (TPSA) is 25.8 Å². The van der Waals surface area contributed by atoms with Gasteiger partial charge in [-0.25, -0.2) is 0 Å². The Bertz CT molecular complexity index is 732. The molecule has 0 bridgehead atoms. The van der Waals surface area contributed by atoms with Gasteiger partial charge in [0.15, 0.2) is 0 Å². The Hall–Kier alpha value is -2.22. The highest BCUT2D eigenvalue weighted by atomic mass is 14.8. The van der Waals surface area contributed by atoms with Crippen molar-refractivity contribution in [1.29, 1.82) is 0 Å². The van der Waals surface area contributed by atoms with Crippen molar-refractivity contribution in [3.8, 4) is 11.1 Å². The summed E-state index contributed by atoms with van der Waals surface area (Å²) in [7, 11) is 0. The molecule has 0 amide bonds. The van der Waals surface area contributed by atoms with Gasteiger partial charge in [0.05, 0.1) is 11.0 Å². The third-order valence-electron chi connectivity index (χ3n) is 3.56. The first kappa shape index (κ1) is 12.8. The number of benzene rings is 2. The van der Waals surface area contributed by atoms with E-state index in [4.69, 9.17) is 0 Å². The Kier molecular flexibility index (Phi) is 3.01. The van der Waals surface area contributed by atoms with Gasteiger partial charge in [-0.05, 0) is 22.6 Å². The fourth-order valence-electron chi connectivity index (χ4n) is 2.38. The van der Waals surface area contributed by atoms with Crippen LogP contribution < -0.4 is 0 Å². The van der Waals surface area contributed by atoms with E-state index in [0.29, 0.717) is 0 Å². The van der Waals surface area contributed by atoms with E-state index in [-0.39, 0.29) is 5.41 Å². The van der Waals surface area contributed by atoms with Gasteiger partial charge in [-0.15, -0.1) is 0 Å². The molecule has 0 spiro atoms. The molecule has 20 heavy (non-hydrogen) atoms. The van der Waals surface area contributed by atoms with Gasteiger partial charge in [0, 0.05) is 18.0 Å². The number of para-hydroxylation sites is 1. The number of aromatic nitrogens is 2. The number of fused-ring (bicyclic) bond motifs is 1. The van der Waals surface area contributed by atoms with E-state index in [1.165, 1.54) is 11.1 Å². The average molecular weight is 262 g/mol. The number of rotatable bonds is 1. The van der Waals surface area contributed by atoms with Crippen molar-refractivity contribution in [3.05, 3.63) is 60.4 Å². The SMILES string of the molecule is CC(C)(C)c1ccc(-c2cccc3nccnc23)cc1. The standard InChI is InChI=1S/C18H18N2/c1-18(2,3)14-9-7-13(8-10-14)15-5-4-6-16-17(15)20-12-11-19-16/h4-12H,1-3H3. The quantitative estimate of drug-likeness (QED) is 0.640. The lowest BCUT2D eigenvalue weighted by Gasteiger charge is -2.19. The van der Waals surface area contributed by atoms with E-state index in [0.717, 1.165) is 16.6 Å². The predicted molar refractivity (Wildman–Crippen MR) is 83.7 cm³/mol. The molecule has 3 rings (SSSR count). The van der Waals surface area contributed by atoms with E-state index in [1.54, 1.807) is 12.4 Å². The van der Waals surface area contributed by atoms with E-state index in [1.807, 2.05) is 12.1 Å².